The van der Waals surface area contributed by atoms with Gasteiger partial charge in [0.15, 0.2) is 9.84 Å². The predicted molar refractivity (Wildman–Crippen MR) is 75.1 cm³/mol. The first-order valence-corrected chi connectivity index (χ1v) is 8.59. The highest BCUT2D eigenvalue weighted by Crippen LogP contribution is 2.31. The van der Waals surface area contributed by atoms with E-state index < -0.39 is 26.4 Å². The highest BCUT2D eigenvalue weighted by atomic mass is 79.9. The van der Waals surface area contributed by atoms with Crippen LogP contribution in [0.1, 0.15) is 20.8 Å². The summed E-state index contributed by atoms with van der Waals surface area (Å²) in [6.07, 6.45) is 0. The van der Waals surface area contributed by atoms with Gasteiger partial charge in [0.2, 0.25) is 0 Å². The molecule has 6 heteroatoms. The predicted octanol–water partition coefficient (Wildman–Crippen LogP) is 3.80. The van der Waals surface area contributed by atoms with E-state index >= 15 is 0 Å². The summed E-state index contributed by atoms with van der Waals surface area (Å²) in [4.78, 5) is -0.441. The third-order valence-electron chi connectivity index (χ3n) is 3.06. The summed E-state index contributed by atoms with van der Waals surface area (Å²) in [5, 5.41) is 0.499. The maximum Gasteiger partial charge on any atom is 0.181 e. The van der Waals surface area contributed by atoms with Gasteiger partial charge < -0.3 is 0 Å². The smallest absolute Gasteiger partial charge is 0.181 e. The Morgan fingerprint density at radius 1 is 1.26 bits per heavy atom. The van der Waals surface area contributed by atoms with E-state index in [4.69, 9.17) is 0 Å². The Labute approximate surface area is 121 Å². The van der Waals surface area contributed by atoms with E-state index in [9.17, 15) is 17.2 Å². The second kappa shape index (κ2) is 5.87. The molecule has 1 aromatic carbocycles. The zero-order chi connectivity index (χ0) is 14.8. The van der Waals surface area contributed by atoms with E-state index in [1.165, 1.54) is 0 Å². The van der Waals surface area contributed by atoms with Crippen LogP contribution in [0, 0.1) is 23.0 Å². The van der Waals surface area contributed by atoms with Crippen molar-refractivity contribution in [3.63, 3.8) is 0 Å². The molecule has 0 aliphatic rings. The van der Waals surface area contributed by atoms with Gasteiger partial charge in [-0.25, -0.2) is 17.2 Å². The lowest BCUT2D eigenvalue weighted by atomic mass is 9.83. The number of sulfone groups is 1. The van der Waals surface area contributed by atoms with Crippen LogP contribution in [-0.4, -0.2) is 19.5 Å². The number of rotatable bonds is 4. The van der Waals surface area contributed by atoms with Gasteiger partial charge in [0, 0.05) is 11.4 Å². The van der Waals surface area contributed by atoms with Crippen LogP contribution in [0.5, 0.6) is 0 Å². The molecule has 0 aliphatic carbocycles. The van der Waals surface area contributed by atoms with Gasteiger partial charge in [0.25, 0.3) is 0 Å². The zero-order valence-corrected chi connectivity index (χ0v) is 13.5. The van der Waals surface area contributed by atoms with Crippen LogP contribution < -0.4 is 0 Å². The minimum atomic E-state index is -3.77. The van der Waals surface area contributed by atoms with Gasteiger partial charge in [0.1, 0.15) is 16.5 Å². The topological polar surface area (TPSA) is 34.1 Å². The fourth-order valence-corrected chi connectivity index (χ4v) is 5.07. The standard InChI is InChI=1S/C13H17BrF2O2S/c1-13(2,3)9(7-14)8-19(17,18)12-5-4-10(15)6-11(12)16/h4-6,9H,7-8H2,1-3H3. The van der Waals surface area contributed by atoms with Crippen LogP contribution in [0.15, 0.2) is 23.1 Å². The molecule has 0 aliphatic heterocycles. The summed E-state index contributed by atoms with van der Waals surface area (Å²) in [5.41, 5.74) is -0.229. The molecule has 0 fully saturated rings. The maximum atomic E-state index is 13.6. The molecular formula is C13H17BrF2O2S. The Morgan fingerprint density at radius 3 is 2.26 bits per heavy atom. The van der Waals surface area contributed by atoms with Crippen molar-refractivity contribution in [2.45, 2.75) is 25.7 Å². The second-order valence-corrected chi connectivity index (χ2v) is 8.22. The number of hydrogen-bond acceptors (Lipinski definition) is 2. The molecular weight excluding hydrogens is 338 g/mol. The van der Waals surface area contributed by atoms with Gasteiger partial charge in [-0.2, -0.15) is 0 Å². The molecule has 0 saturated carbocycles. The SMILES string of the molecule is CC(C)(C)C(CBr)CS(=O)(=O)c1ccc(F)cc1F. The molecule has 0 heterocycles. The van der Waals surface area contributed by atoms with Crippen molar-refractivity contribution in [1.29, 1.82) is 0 Å². The maximum absolute atomic E-state index is 13.6. The Morgan fingerprint density at radius 2 is 1.84 bits per heavy atom. The van der Waals surface area contributed by atoms with Gasteiger partial charge in [0.05, 0.1) is 5.75 Å². The van der Waals surface area contributed by atoms with E-state index in [-0.39, 0.29) is 17.1 Å². The second-order valence-electron chi connectivity index (χ2n) is 5.57. The summed E-state index contributed by atoms with van der Waals surface area (Å²) in [6.45, 7) is 5.78. The van der Waals surface area contributed by atoms with Gasteiger partial charge in [-0.05, 0) is 23.5 Å². The lowest BCUT2D eigenvalue weighted by Crippen LogP contribution is -2.29. The minimum Gasteiger partial charge on any atom is -0.224 e. The molecule has 108 valence electrons. The van der Waals surface area contributed by atoms with Gasteiger partial charge in [-0.1, -0.05) is 36.7 Å². The van der Waals surface area contributed by atoms with Crippen LogP contribution >= 0.6 is 15.9 Å². The lowest BCUT2D eigenvalue weighted by Gasteiger charge is -2.28. The van der Waals surface area contributed by atoms with Crippen molar-refractivity contribution in [1.82, 2.24) is 0 Å². The molecule has 2 nitrogen and oxygen atoms in total. The number of benzene rings is 1. The summed E-state index contributed by atoms with van der Waals surface area (Å²) in [7, 11) is -3.77. The molecule has 0 amide bonds. The minimum absolute atomic E-state index is 0.165. The van der Waals surface area contributed by atoms with Crippen LogP contribution in [0.3, 0.4) is 0 Å². The summed E-state index contributed by atoms with van der Waals surface area (Å²) in [6, 6.07) is 2.53. The van der Waals surface area contributed by atoms with Gasteiger partial charge in [-0.15, -0.1) is 0 Å². The monoisotopic (exact) mass is 354 g/mol. The molecule has 0 bridgehead atoms. The van der Waals surface area contributed by atoms with Crippen LogP contribution in [0.25, 0.3) is 0 Å². The van der Waals surface area contributed by atoms with Crippen LogP contribution in [0.4, 0.5) is 8.78 Å². The van der Waals surface area contributed by atoms with Crippen molar-refractivity contribution in [2.75, 3.05) is 11.1 Å². The third kappa shape index (κ3) is 4.24. The van der Waals surface area contributed by atoms with E-state index in [0.717, 1.165) is 12.1 Å². The average molecular weight is 355 g/mol. The van der Waals surface area contributed by atoms with Crippen LogP contribution in [0.2, 0.25) is 0 Å². The molecule has 0 aromatic heterocycles. The normalized spacial score (nSPS) is 14.4. The van der Waals surface area contributed by atoms with Gasteiger partial charge in [-0.3, -0.25) is 0 Å². The fourth-order valence-electron chi connectivity index (χ4n) is 1.61. The molecule has 1 aromatic rings. The van der Waals surface area contributed by atoms with Crippen molar-refractivity contribution in [2.24, 2.45) is 11.3 Å². The van der Waals surface area contributed by atoms with Crippen molar-refractivity contribution >= 4 is 25.8 Å². The van der Waals surface area contributed by atoms with Crippen molar-refractivity contribution in [3.8, 4) is 0 Å². The van der Waals surface area contributed by atoms with E-state index in [1.54, 1.807) is 0 Å². The fraction of sp³-hybridized carbons (Fsp3) is 0.538. The van der Waals surface area contributed by atoms with E-state index in [2.05, 4.69) is 15.9 Å². The quantitative estimate of drug-likeness (QED) is 0.608. The molecule has 1 atom stereocenters. The van der Waals surface area contributed by atoms with Crippen molar-refractivity contribution < 1.29 is 17.2 Å². The molecule has 1 unspecified atom stereocenters. The summed E-state index contributed by atoms with van der Waals surface area (Å²) < 4.78 is 50.8. The molecule has 0 saturated heterocycles. The molecule has 0 spiro atoms. The molecule has 1 rings (SSSR count). The Bertz CT molecular complexity index is 550. The number of alkyl halides is 1. The van der Waals surface area contributed by atoms with Crippen LogP contribution in [-0.2, 0) is 9.84 Å². The third-order valence-corrected chi connectivity index (χ3v) is 5.68. The Kier molecular flexibility index (Phi) is 5.12. The zero-order valence-electron chi connectivity index (χ0n) is 11.1. The van der Waals surface area contributed by atoms with Crippen molar-refractivity contribution in [3.05, 3.63) is 29.8 Å². The highest BCUT2D eigenvalue weighted by Gasteiger charge is 2.31. The molecule has 19 heavy (non-hydrogen) atoms. The first-order valence-electron chi connectivity index (χ1n) is 5.81. The van der Waals surface area contributed by atoms with E-state index in [0.29, 0.717) is 11.4 Å². The first-order chi connectivity index (χ1) is 8.58. The number of halogens is 3. The largest absolute Gasteiger partial charge is 0.224 e. The Balaban J connectivity index is 3.11. The Hall–Kier alpha value is -0.490. The number of hydrogen-bond donors (Lipinski definition) is 0. The highest BCUT2D eigenvalue weighted by molar-refractivity contribution is 9.09. The van der Waals surface area contributed by atoms with E-state index in [1.807, 2.05) is 20.8 Å². The first kappa shape index (κ1) is 16.6. The summed E-state index contributed by atoms with van der Waals surface area (Å²) >= 11 is 3.29. The average Bonchev–Trinajstić information content (AvgIpc) is 2.23. The molecule has 0 radical (unpaired) electrons. The molecule has 0 N–H and O–H groups in total. The van der Waals surface area contributed by atoms with Gasteiger partial charge >= 0.3 is 0 Å². The lowest BCUT2D eigenvalue weighted by molar-refractivity contribution is 0.291. The summed E-state index contributed by atoms with van der Waals surface area (Å²) in [5.74, 6) is -2.17.